The maximum absolute atomic E-state index is 10.5. The van der Waals surface area contributed by atoms with Crippen LogP contribution in [0.15, 0.2) is 60.7 Å². The van der Waals surface area contributed by atoms with Crippen LogP contribution in [0.25, 0.3) is 16.1 Å². The molecule has 0 aliphatic carbocycles. The van der Waals surface area contributed by atoms with Crippen LogP contribution >= 0.6 is 11.3 Å². The van der Waals surface area contributed by atoms with E-state index >= 15 is 0 Å². The number of aryl methyl sites for hydroxylation is 1. The Labute approximate surface area is 116 Å². The van der Waals surface area contributed by atoms with Gasteiger partial charge in [0, 0.05) is 24.6 Å². The summed E-state index contributed by atoms with van der Waals surface area (Å²) in [6, 6.07) is 19.9. The van der Waals surface area contributed by atoms with Crippen molar-refractivity contribution < 1.29 is 9.67 Å². The van der Waals surface area contributed by atoms with Gasteiger partial charge in [-0.1, -0.05) is 59.9 Å². The molecule has 0 saturated carbocycles. The van der Waals surface area contributed by atoms with Crippen LogP contribution in [0.2, 0.25) is 0 Å². The number of rotatable bonds is 2. The summed E-state index contributed by atoms with van der Waals surface area (Å²) in [5, 5.41) is 11.5. The Morgan fingerprint density at radius 1 is 0.895 bits per heavy atom. The van der Waals surface area contributed by atoms with Crippen LogP contribution in [-0.2, 0) is 0 Å². The third kappa shape index (κ3) is 2.13. The van der Waals surface area contributed by atoms with Crippen LogP contribution in [0.5, 0.6) is 5.88 Å². The number of thiazole rings is 1. The van der Waals surface area contributed by atoms with E-state index in [1.165, 1.54) is 0 Å². The topological polar surface area (TPSA) is 24.1 Å². The maximum Gasteiger partial charge on any atom is 0.390 e. The van der Waals surface area contributed by atoms with E-state index in [9.17, 15) is 5.11 Å². The second kappa shape index (κ2) is 4.86. The molecule has 0 unspecified atom stereocenters. The third-order valence-electron chi connectivity index (χ3n) is 3.03. The fourth-order valence-electron chi connectivity index (χ4n) is 2.15. The molecular formula is C16H14NOS+. The molecule has 94 valence electrons. The quantitative estimate of drug-likeness (QED) is 0.704. The number of aromatic nitrogens is 1. The summed E-state index contributed by atoms with van der Waals surface area (Å²) in [7, 11) is 0. The number of hydrogen-bond acceptors (Lipinski definition) is 2. The van der Waals surface area contributed by atoms with Crippen LogP contribution in [0.3, 0.4) is 0 Å². The molecule has 19 heavy (non-hydrogen) atoms. The zero-order valence-corrected chi connectivity index (χ0v) is 11.4. The van der Waals surface area contributed by atoms with Gasteiger partial charge in [0.05, 0.1) is 0 Å². The van der Waals surface area contributed by atoms with Crippen molar-refractivity contribution in [2.75, 3.05) is 0 Å². The molecule has 0 radical (unpaired) electrons. The fraction of sp³-hybridized carbons (Fsp3) is 0.0625. The Balaban J connectivity index is 2.17. The van der Waals surface area contributed by atoms with Gasteiger partial charge in [0.2, 0.25) is 10.7 Å². The summed E-state index contributed by atoms with van der Waals surface area (Å²) in [5.74, 6) is 0.305. The number of aromatic hydroxyl groups is 1. The van der Waals surface area contributed by atoms with Crippen LogP contribution in [0.1, 0.15) is 5.01 Å². The van der Waals surface area contributed by atoms with E-state index in [1.807, 2.05) is 72.2 Å². The van der Waals surface area contributed by atoms with Crippen molar-refractivity contribution in [3.8, 4) is 22.0 Å². The van der Waals surface area contributed by atoms with Gasteiger partial charge in [0.15, 0.2) is 4.88 Å². The molecule has 0 atom stereocenters. The first kappa shape index (κ1) is 11.9. The van der Waals surface area contributed by atoms with Crippen molar-refractivity contribution in [1.29, 1.82) is 0 Å². The first-order valence-corrected chi connectivity index (χ1v) is 6.94. The Bertz CT molecular complexity index is 690. The zero-order chi connectivity index (χ0) is 13.2. The van der Waals surface area contributed by atoms with Gasteiger partial charge in [-0.05, 0) is 0 Å². The second-order valence-corrected chi connectivity index (χ2v) is 5.51. The molecule has 3 aromatic rings. The molecule has 0 amide bonds. The van der Waals surface area contributed by atoms with Crippen LogP contribution in [0.4, 0.5) is 0 Å². The minimum atomic E-state index is 0.305. The molecule has 0 aliphatic heterocycles. The van der Waals surface area contributed by atoms with E-state index in [0.717, 1.165) is 21.1 Å². The minimum Gasteiger partial charge on any atom is -0.458 e. The van der Waals surface area contributed by atoms with Gasteiger partial charge in [-0.25, -0.2) is 0 Å². The van der Waals surface area contributed by atoms with Gasteiger partial charge in [0.1, 0.15) is 0 Å². The predicted molar refractivity (Wildman–Crippen MR) is 77.7 cm³/mol. The van der Waals surface area contributed by atoms with E-state index in [-0.39, 0.29) is 0 Å². The van der Waals surface area contributed by atoms with Crippen molar-refractivity contribution in [2.24, 2.45) is 0 Å². The second-order valence-electron chi connectivity index (χ2n) is 4.31. The molecule has 1 N–H and O–H groups in total. The highest BCUT2D eigenvalue weighted by Gasteiger charge is 2.26. The number of hydrogen-bond donors (Lipinski definition) is 1. The highest BCUT2D eigenvalue weighted by molar-refractivity contribution is 7.15. The van der Waals surface area contributed by atoms with Crippen LogP contribution in [-0.4, -0.2) is 5.11 Å². The van der Waals surface area contributed by atoms with Gasteiger partial charge in [-0.15, -0.1) is 4.57 Å². The molecule has 2 nitrogen and oxygen atoms in total. The van der Waals surface area contributed by atoms with E-state index in [0.29, 0.717) is 5.88 Å². The Hall–Kier alpha value is -2.13. The first-order chi connectivity index (χ1) is 9.27. The molecule has 1 aromatic heterocycles. The van der Waals surface area contributed by atoms with Crippen molar-refractivity contribution in [1.82, 2.24) is 0 Å². The summed E-state index contributed by atoms with van der Waals surface area (Å²) in [5.41, 5.74) is 2.03. The Morgan fingerprint density at radius 3 is 2.11 bits per heavy atom. The first-order valence-electron chi connectivity index (χ1n) is 6.12. The summed E-state index contributed by atoms with van der Waals surface area (Å²) in [4.78, 5) is 0.905. The molecule has 0 aliphatic rings. The monoisotopic (exact) mass is 268 g/mol. The largest absolute Gasteiger partial charge is 0.458 e. The lowest BCUT2D eigenvalue weighted by Crippen LogP contribution is -2.31. The number of para-hydroxylation sites is 1. The molecular weight excluding hydrogens is 254 g/mol. The van der Waals surface area contributed by atoms with E-state index in [2.05, 4.69) is 0 Å². The fourth-order valence-corrected chi connectivity index (χ4v) is 3.16. The van der Waals surface area contributed by atoms with Crippen LogP contribution < -0.4 is 4.57 Å². The average molecular weight is 268 g/mol. The smallest absolute Gasteiger partial charge is 0.390 e. The maximum atomic E-state index is 10.5. The predicted octanol–water partition coefficient (Wildman–Crippen LogP) is 3.71. The Morgan fingerprint density at radius 2 is 1.47 bits per heavy atom. The highest BCUT2D eigenvalue weighted by Crippen LogP contribution is 2.34. The van der Waals surface area contributed by atoms with Gasteiger partial charge >= 0.3 is 5.88 Å². The summed E-state index contributed by atoms with van der Waals surface area (Å²) >= 11 is 1.60. The number of benzene rings is 2. The zero-order valence-electron chi connectivity index (χ0n) is 10.6. The van der Waals surface area contributed by atoms with E-state index in [4.69, 9.17) is 0 Å². The van der Waals surface area contributed by atoms with Crippen molar-refractivity contribution in [3.05, 3.63) is 65.7 Å². The van der Waals surface area contributed by atoms with E-state index < -0.39 is 0 Å². The van der Waals surface area contributed by atoms with Crippen molar-refractivity contribution in [2.45, 2.75) is 6.92 Å². The number of nitrogens with zero attached hydrogens (tertiary/aromatic N) is 1. The lowest BCUT2D eigenvalue weighted by molar-refractivity contribution is -0.604. The van der Waals surface area contributed by atoms with Crippen LogP contribution in [0, 0.1) is 6.92 Å². The van der Waals surface area contributed by atoms with E-state index in [1.54, 1.807) is 11.3 Å². The molecule has 2 aromatic carbocycles. The SMILES string of the molecule is Cc1sc(-c2ccccc2)c(O)[n+]1-c1ccccc1. The highest BCUT2D eigenvalue weighted by atomic mass is 32.1. The van der Waals surface area contributed by atoms with Gasteiger partial charge in [-0.2, -0.15) is 0 Å². The summed E-state index contributed by atoms with van der Waals surface area (Å²) in [6.45, 7) is 2.02. The average Bonchev–Trinajstić information content (AvgIpc) is 2.76. The molecule has 0 bridgehead atoms. The summed E-state index contributed by atoms with van der Waals surface area (Å²) in [6.07, 6.45) is 0. The van der Waals surface area contributed by atoms with Gasteiger partial charge in [-0.3, -0.25) is 0 Å². The molecule has 3 heteroatoms. The van der Waals surface area contributed by atoms with Gasteiger partial charge < -0.3 is 5.11 Å². The summed E-state index contributed by atoms with van der Waals surface area (Å²) < 4.78 is 1.88. The standard InChI is InChI=1S/C16H13NOS/c1-12-17(14-10-6-3-7-11-14)16(18)15(19-12)13-8-4-2-5-9-13/h2-11H,1H3/p+1. The minimum absolute atomic E-state index is 0.305. The molecule has 1 heterocycles. The van der Waals surface area contributed by atoms with Crippen molar-refractivity contribution in [3.63, 3.8) is 0 Å². The lowest BCUT2D eigenvalue weighted by atomic mass is 10.2. The molecule has 0 saturated heterocycles. The third-order valence-corrected chi connectivity index (χ3v) is 4.13. The molecule has 0 spiro atoms. The van der Waals surface area contributed by atoms with Crippen molar-refractivity contribution >= 4 is 11.3 Å². The lowest BCUT2D eigenvalue weighted by Gasteiger charge is -1.96. The molecule has 0 fully saturated rings. The molecule has 3 rings (SSSR count). The normalized spacial score (nSPS) is 10.6. The Kier molecular flexibility index (Phi) is 3.05. The van der Waals surface area contributed by atoms with Gasteiger partial charge in [0.25, 0.3) is 0 Å².